The Kier molecular flexibility index (Phi) is 7.28. The standard InChI is InChI=1S/C31H27ClFN5O3/c32-24-3-1-4-25(33)23(24)15-29(39)36-26-14-20(31(41)35-22-9-11-34-12-10-22)7-8-28(26)37-16-19-13-21(18-37)27-5-2-6-30(40)38(27)17-19/h1-12,14,19,21H,13,15-18H2,(H,36,39)(H,34,35,41)/t19-,21+/m1/s1. The zero-order valence-corrected chi connectivity index (χ0v) is 22.8. The van der Waals surface area contributed by atoms with Gasteiger partial charge in [0.2, 0.25) is 5.91 Å². The molecule has 4 aromatic rings. The van der Waals surface area contributed by atoms with E-state index in [0.29, 0.717) is 36.6 Å². The molecule has 2 aromatic heterocycles. The zero-order valence-electron chi connectivity index (χ0n) is 22.0. The predicted molar refractivity (Wildman–Crippen MR) is 156 cm³/mol. The average molecular weight is 572 g/mol. The minimum absolute atomic E-state index is 0.00923. The van der Waals surface area contributed by atoms with Crippen LogP contribution in [0.5, 0.6) is 0 Å². The molecule has 2 atom stereocenters. The number of aromatic nitrogens is 2. The van der Waals surface area contributed by atoms with Crippen LogP contribution >= 0.6 is 11.6 Å². The Labute approximate surface area is 240 Å². The molecule has 2 aromatic carbocycles. The van der Waals surface area contributed by atoms with E-state index < -0.39 is 11.7 Å². The van der Waals surface area contributed by atoms with Crippen LogP contribution in [0.2, 0.25) is 5.02 Å². The fourth-order valence-electron chi connectivity index (χ4n) is 5.84. The number of pyridine rings is 2. The van der Waals surface area contributed by atoms with Crippen LogP contribution in [0.15, 0.2) is 83.9 Å². The Morgan fingerprint density at radius 2 is 1.78 bits per heavy atom. The van der Waals surface area contributed by atoms with Crippen LogP contribution in [0.3, 0.4) is 0 Å². The fourth-order valence-corrected chi connectivity index (χ4v) is 6.07. The van der Waals surface area contributed by atoms with Gasteiger partial charge in [0.15, 0.2) is 0 Å². The molecule has 4 heterocycles. The van der Waals surface area contributed by atoms with E-state index in [1.54, 1.807) is 54.9 Å². The lowest BCUT2D eigenvalue weighted by Crippen LogP contribution is -2.47. The minimum Gasteiger partial charge on any atom is -0.369 e. The van der Waals surface area contributed by atoms with Crippen LogP contribution in [-0.2, 0) is 17.8 Å². The monoisotopic (exact) mass is 571 g/mol. The summed E-state index contributed by atoms with van der Waals surface area (Å²) in [5.41, 5.74) is 3.25. The lowest BCUT2D eigenvalue weighted by atomic mass is 9.83. The SMILES string of the molecule is O=C(Cc1c(F)cccc1Cl)Nc1cc(C(=O)Nc2ccncc2)ccc1N1C[C@H]2C[C@@H](C1)c1cccc(=O)n1C2. The third-order valence-corrected chi connectivity index (χ3v) is 8.04. The number of anilines is 3. The molecule has 2 aliphatic heterocycles. The summed E-state index contributed by atoms with van der Waals surface area (Å²) in [5.74, 6) is -0.974. The van der Waals surface area contributed by atoms with Crippen molar-refractivity contribution in [1.29, 1.82) is 0 Å². The molecule has 2 N–H and O–H groups in total. The van der Waals surface area contributed by atoms with Gasteiger partial charge in [-0.2, -0.15) is 0 Å². The smallest absolute Gasteiger partial charge is 0.255 e. The van der Waals surface area contributed by atoms with Gasteiger partial charge in [0.05, 0.1) is 17.8 Å². The maximum Gasteiger partial charge on any atom is 0.255 e. The highest BCUT2D eigenvalue weighted by Gasteiger charge is 2.35. The first kappa shape index (κ1) is 26.7. The summed E-state index contributed by atoms with van der Waals surface area (Å²) in [4.78, 5) is 44.9. The van der Waals surface area contributed by atoms with Crippen LogP contribution in [0.25, 0.3) is 0 Å². The summed E-state index contributed by atoms with van der Waals surface area (Å²) in [5, 5.41) is 5.92. The van der Waals surface area contributed by atoms with E-state index in [1.165, 1.54) is 12.1 Å². The third-order valence-electron chi connectivity index (χ3n) is 7.69. The number of carbonyl (C=O) groups is 2. The number of hydrogen-bond donors (Lipinski definition) is 2. The number of piperidine rings is 1. The van der Waals surface area contributed by atoms with Gasteiger partial charge >= 0.3 is 0 Å². The van der Waals surface area contributed by atoms with Crippen molar-refractivity contribution >= 4 is 40.5 Å². The summed E-state index contributed by atoms with van der Waals surface area (Å²) in [6.07, 6.45) is 3.87. The quantitative estimate of drug-likeness (QED) is 0.336. The average Bonchev–Trinajstić information content (AvgIpc) is 2.96. The molecule has 1 saturated heterocycles. The number of fused-ring (bicyclic) bond motifs is 4. The van der Waals surface area contributed by atoms with Crippen molar-refractivity contribution in [2.45, 2.75) is 25.3 Å². The summed E-state index contributed by atoms with van der Waals surface area (Å²) < 4.78 is 16.3. The van der Waals surface area contributed by atoms with Gasteiger partial charge in [0.1, 0.15) is 5.82 Å². The van der Waals surface area contributed by atoms with Crippen molar-refractivity contribution in [3.63, 3.8) is 0 Å². The van der Waals surface area contributed by atoms with Gasteiger partial charge in [0.25, 0.3) is 11.5 Å². The first-order valence-corrected chi connectivity index (χ1v) is 13.8. The van der Waals surface area contributed by atoms with Gasteiger partial charge in [-0.3, -0.25) is 19.4 Å². The Bertz CT molecular complexity index is 1670. The molecule has 41 heavy (non-hydrogen) atoms. The van der Waals surface area contributed by atoms with Crippen molar-refractivity contribution in [2.24, 2.45) is 5.92 Å². The van der Waals surface area contributed by atoms with Crippen LogP contribution < -0.4 is 21.1 Å². The highest BCUT2D eigenvalue weighted by atomic mass is 35.5. The zero-order chi connectivity index (χ0) is 28.5. The van der Waals surface area contributed by atoms with E-state index in [9.17, 15) is 18.8 Å². The fraction of sp³-hybridized carbons (Fsp3) is 0.226. The second kappa shape index (κ2) is 11.2. The first-order valence-electron chi connectivity index (χ1n) is 13.4. The molecule has 0 radical (unpaired) electrons. The highest BCUT2D eigenvalue weighted by molar-refractivity contribution is 6.31. The third kappa shape index (κ3) is 5.58. The normalized spacial score (nSPS) is 17.5. The van der Waals surface area contributed by atoms with Crippen molar-refractivity contribution in [3.8, 4) is 0 Å². The van der Waals surface area contributed by atoms with Crippen LogP contribution in [0.4, 0.5) is 21.5 Å². The van der Waals surface area contributed by atoms with E-state index >= 15 is 0 Å². The molecule has 6 rings (SSSR count). The van der Waals surface area contributed by atoms with Gasteiger partial charge < -0.3 is 20.1 Å². The molecular weight excluding hydrogens is 545 g/mol. The highest BCUT2D eigenvalue weighted by Crippen LogP contribution is 2.39. The first-order chi connectivity index (χ1) is 19.9. The Morgan fingerprint density at radius 1 is 0.976 bits per heavy atom. The lowest BCUT2D eigenvalue weighted by molar-refractivity contribution is -0.115. The second-order valence-electron chi connectivity index (χ2n) is 10.5. The molecule has 2 amide bonds. The summed E-state index contributed by atoms with van der Waals surface area (Å²) >= 11 is 6.17. The molecule has 8 nitrogen and oxygen atoms in total. The number of amides is 2. The largest absolute Gasteiger partial charge is 0.369 e. The van der Waals surface area contributed by atoms with E-state index in [2.05, 4.69) is 20.5 Å². The lowest BCUT2D eigenvalue weighted by Gasteiger charge is -2.44. The molecule has 0 saturated carbocycles. The van der Waals surface area contributed by atoms with E-state index in [-0.39, 0.29) is 40.3 Å². The molecular formula is C31H27ClFN5O3. The number of nitrogens with zero attached hydrogens (tertiary/aromatic N) is 3. The van der Waals surface area contributed by atoms with Crippen LogP contribution in [-0.4, -0.2) is 34.5 Å². The molecule has 0 aliphatic carbocycles. The number of rotatable bonds is 6. The Morgan fingerprint density at radius 3 is 2.59 bits per heavy atom. The number of nitrogens with one attached hydrogen (secondary N) is 2. The van der Waals surface area contributed by atoms with Gasteiger partial charge in [0, 0.05) is 71.5 Å². The van der Waals surface area contributed by atoms with Crippen molar-refractivity contribution in [1.82, 2.24) is 9.55 Å². The topological polar surface area (TPSA) is 96.3 Å². The Hall–Kier alpha value is -4.50. The van der Waals surface area contributed by atoms with E-state index in [0.717, 1.165) is 17.8 Å². The van der Waals surface area contributed by atoms with E-state index in [1.807, 2.05) is 16.7 Å². The van der Waals surface area contributed by atoms with Gasteiger partial charge in [-0.25, -0.2) is 4.39 Å². The van der Waals surface area contributed by atoms with Crippen LogP contribution in [0, 0.1) is 11.7 Å². The van der Waals surface area contributed by atoms with Crippen molar-refractivity contribution < 1.29 is 14.0 Å². The maximum atomic E-state index is 14.4. The number of halogens is 2. The second-order valence-corrected chi connectivity index (χ2v) is 10.9. The van der Waals surface area contributed by atoms with Gasteiger partial charge in [-0.1, -0.05) is 23.7 Å². The molecule has 10 heteroatoms. The van der Waals surface area contributed by atoms with Gasteiger partial charge in [-0.15, -0.1) is 0 Å². The number of carbonyl (C=O) groups excluding carboxylic acids is 2. The number of benzene rings is 2. The summed E-state index contributed by atoms with van der Waals surface area (Å²) in [6, 6.07) is 18.2. The Balaban J connectivity index is 1.31. The van der Waals surface area contributed by atoms with Crippen molar-refractivity contribution in [2.75, 3.05) is 28.6 Å². The molecule has 0 unspecified atom stereocenters. The molecule has 0 spiro atoms. The van der Waals surface area contributed by atoms with E-state index in [4.69, 9.17) is 11.6 Å². The maximum absolute atomic E-state index is 14.4. The van der Waals surface area contributed by atoms with Gasteiger partial charge in [-0.05, 0) is 60.9 Å². The minimum atomic E-state index is -0.559. The molecule has 208 valence electrons. The molecule has 1 fully saturated rings. The summed E-state index contributed by atoms with van der Waals surface area (Å²) in [7, 11) is 0. The summed E-state index contributed by atoms with van der Waals surface area (Å²) in [6.45, 7) is 1.95. The number of hydrogen-bond acceptors (Lipinski definition) is 5. The van der Waals surface area contributed by atoms with Crippen LogP contribution in [0.1, 0.15) is 34.0 Å². The molecule has 2 bridgehead atoms. The molecule has 2 aliphatic rings. The van der Waals surface area contributed by atoms with Crippen molar-refractivity contribution in [3.05, 3.63) is 117 Å². The predicted octanol–water partition coefficient (Wildman–Crippen LogP) is 5.09.